The fourth-order valence-electron chi connectivity index (χ4n) is 3.58. The predicted molar refractivity (Wildman–Crippen MR) is 120 cm³/mol. The summed E-state index contributed by atoms with van der Waals surface area (Å²) >= 11 is 6.28. The van der Waals surface area contributed by atoms with Crippen LogP contribution in [0.5, 0.6) is 5.75 Å². The molecule has 2 heterocycles. The molecule has 0 bridgehead atoms. The van der Waals surface area contributed by atoms with Gasteiger partial charge in [-0.2, -0.15) is 5.10 Å². The largest absolute Gasteiger partial charge is 0.496 e. The molecule has 1 aliphatic heterocycles. The minimum Gasteiger partial charge on any atom is -0.496 e. The van der Waals surface area contributed by atoms with Gasteiger partial charge in [-0.05, 0) is 37.6 Å². The van der Waals surface area contributed by atoms with Crippen LogP contribution < -0.4 is 10.1 Å². The van der Waals surface area contributed by atoms with Crippen molar-refractivity contribution in [3.8, 4) is 5.75 Å². The number of nitrogens with one attached hydrogen (secondary N) is 1. The Balaban J connectivity index is 1.46. The van der Waals surface area contributed by atoms with Crippen LogP contribution in [0.4, 0.5) is 5.69 Å². The molecule has 1 N–H and O–H groups in total. The van der Waals surface area contributed by atoms with E-state index < -0.39 is 6.10 Å². The summed E-state index contributed by atoms with van der Waals surface area (Å²) in [7, 11) is 1.60. The summed E-state index contributed by atoms with van der Waals surface area (Å²) in [5, 5.41) is 12.3. The van der Waals surface area contributed by atoms with Crippen LogP contribution in [0.1, 0.15) is 28.9 Å². The number of para-hydroxylation sites is 1. The van der Waals surface area contributed by atoms with Crippen molar-refractivity contribution in [2.24, 2.45) is 5.16 Å². The monoisotopic (exact) mass is 438 g/mol. The van der Waals surface area contributed by atoms with E-state index >= 15 is 0 Å². The van der Waals surface area contributed by atoms with Crippen molar-refractivity contribution < 1.29 is 14.4 Å². The molecule has 7 nitrogen and oxygen atoms in total. The molecule has 3 aromatic rings. The number of ether oxygens (including phenoxy) is 1. The van der Waals surface area contributed by atoms with Gasteiger partial charge in [0.25, 0.3) is 5.91 Å². The highest BCUT2D eigenvalue weighted by molar-refractivity contribution is 6.31. The lowest BCUT2D eigenvalue weighted by atomic mass is 10.0. The highest BCUT2D eigenvalue weighted by atomic mass is 35.5. The number of oxime groups is 1. The first-order valence-electron chi connectivity index (χ1n) is 9.92. The summed E-state index contributed by atoms with van der Waals surface area (Å²) in [4.78, 5) is 18.3. The molecule has 160 valence electrons. The van der Waals surface area contributed by atoms with Gasteiger partial charge >= 0.3 is 0 Å². The van der Waals surface area contributed by atoms with Gasteiger partial charge in [0.2, 0.25) is 6.10 Å². The summed E-state index contributed by atoms with van der Waals surface area (Å²) in [5.74, 6) is 0.426. The second kappa shape index (κ2) is 8.81. The van der Waals surface area contributed by atoms with Crippen LogP contribution in [0.2, 0.25) is 5.02 Å². The van der Waals surface area contributed by atoms with Crippen LogP contribution in [-0.2, 0) is 16.2 Å². The zero-order valence-corrected chi connectivity index (χ0v) is 18.3. The Morgan fingerprint density at radius 2 is 1.97 bits per heavy atom. The lowest BCUT2D eigenvalue weighted by Crippen LogP contribution is -2.28. The van der Waals surface area contributed by atoms with Crippen molar-refractivity contribution in [2.75, 3.05) is 12.4 Å². The van der Waals surface area contributed by atoms with Crippen LogP contribution in [-0.4, -0.2) is 34.6 Å². The van der Waals surface area contributed by atoms with E-state index in [0.29, 0.717) is 35.1 Å². The second-order valence-electron chi connectivity index (χ2n) is 7.32. The molecule has 1 aliphatic rings. The summed E-state index contributed by atoms with van der Waals surface area (Å²) < 4.78 is 7.21. The first-order valence-corrected chi connectivity index (χ1v) is 10.3. The number of hydrogen-bond acceptors (Lipinski definition) is 5. The number of benzene rings is 2. The summed E-state index contributed by atoms with van der Waals surface area (Å²) in [5.41, 5.74) is 4.70. The van der Waals surface area contributed by atoms with Gasteiger partial charge in [-0.15, -0.1) is 0 Å². The molecule has 0 saturated heterocycles. The van der Waals surface area contributed by atoms with Gasteiger partial charge in [-0.3, -0.25) is 9.48 Å². The molecule has 1 aromatic heterocycles. The van der Waals surface area contributed by atoms with Crippen LogP contribution in [0.15, 0.2) is 53.7 Å². The van der Waals surface area contributed by atoms with E-state index in [1.54, 1.807) is 7.11 Å². The third kappa shape index (κ3) is 4.27. The molecule has 0 saturated carbocycles. The summed E-state index contributed by atoms with van der Waals surface area (Å²) in [6.45, 7) is 4.29. The number of anilines is 1. The standard InChI is InChI=1S/C23H23ClN4O3/c1-14-22(15(2)28(26-14)13-16-8-4-6-10-18(16)24)25-23(29)21-12-19(27-31-21)17-9-5-7-11-20(17)30-3/h4-11,21H,12-13H2,1-3H3,(H,25,29). The number of hydrogen-bond donors (Lipinski definition) is 1. The molecule has 0 aliphatic carbocycles. The molecular formula is C23H23ClN4O3. The summed E-state index contributed by atoms with van der Waals surface area (Å²) in [6.07, 6.45) is -0.358. The van der Waals surface area contributed by atoms with Gasteiger partial charge in [0.1, 0.15) is 5.75 Å². The number of nitrogens with zero attached hydrogens (tertiary/aromatic N) is 3. The third-order valence-corrected chi connectivity index (χ3v) is 5.66. The molecule has 0 radical (unpaired) electrons. The number of rotatable bonds is 6. The first-order chi connectivity index (χ1) is 15.0. The van der Waals surface area contributed by atoms with Crippen LogP contribution >= 0.6 is 11.6 Å². The Labute approximate surface area is 185 Å². The van der Waals surface area contributed by atoms with E-state index in [0.717, 1.165) is 22.5 Å². The van der Waals surface area contributed by atoms with Crippen LogP contribution in [0.3, 0.4) is 0 Å². The maximum absolute atomic E-state index is 12.9. The van der Waals surface area contributed by atoms with E-state index in [2.05, 4.69) is 15.6 Å². The Morgan fingerprint density at radius 1 is 1.23 bits per heavy atom. The van der Waals surface area contributed by atoms with Crippen molar-refractivity contribution in [1.82, 2.24) is 9.78 Å². The number of aromatic nitrogens is 2. The maximum Gasteiger partial charge on any atom is 0.268 e. The minimum atomic E-state index is -0.717. The smallest absolute Gasteiger partial charge is 0.268 e. The SMILES string of the molecule is COc1ccccc1C1=NOC(C(=O)Nc2c(C)nn(Cc3ccccc3Cl)c2C)C1. The van der Waals surface area contributed by atoms with E-state index in [1.807, 2.05) is 67.1 Å². The number of methoxy groups -OCH3 is 1. The van der Waals surface area contributed by atoms with Crippen molar-refractivity contribution in [2.45, 2.75) is 32.9 Å². The quantitative estimate of drug-likeness (QED) is 0.621. The van der Waals surface area contributed by atoms with E-state index in [4.69, 9.17) is 21.2 Å². The average molecular weight is 439 g/mol. The third-order valence-electron chi connectivity index (χ3n) is 5.29. The van der Waals surface area contributed by atoms with E-state index in [9.17, 15) is 4.79 Å². The number of carbonyl (C=O) groups excluding carboxylic acids is 1. The zero-order valence-electron chi connectivity index (χ0n) is 17.6. The fourth-order valence-corrected chi connectivity index (χ4v) is 3.78. The lowest BCUT2D eigenvalue weighted by molar-refractivity contribution is -0.125. The Kier molecular flexibility index (Phi) is 5.95. The number of aryl methyl sites for hydroxylation is 1. The van der Waals surface area contributed by atoms with Gasteiger partial charge in [-0.1, -0.05) is 47.1 Å². The summed E-state index contributed by atoms with van der Waals surface area (Å²) in [6, 6.07) is 15.2. The van der Waals surface area contributed by atoms with Gasteiger partial charge in [0.05, 0.1) is 36.4 Å². The number of amides is 1. The molecule has 0 fully saturated rings. The molecule has 1 amide bonds. The van der Waals surface area contributed by atoms with Crippen molar-refractivity contribution >= 4 is 28.9 Å². The van der Waals surface area contributed by atoms with E-state index in [1.165, 1.54) is 0 Å². The molecular weight excluding hydrogens is 416 g/mol. The average Bonchev–Trinajstić information content (AvgIpc) is 3.36. The minimum absolute atomic E-state index is 0.267. The van der Waals surface area contributed by atoms with Gasteiger partial charge < -0.3 is 14.9 Å². The molecule has 1 atom stereocenters. The Hall–Kier alpha value is -3.32. The van der Waals surface area contributed by atoms with Crippen molar-refractivity contribution in [3.05, 3.63) is 76.1 Å². The highest BCUT2D eigenvalue weighted by Gasteiger charge is 2.31. The first kappa shape index (κ1) is 20.9. The predicted octanol–water partition coefficient (Wildman–Crippen LogP) is 4.34. The zero-order chi connectivity index (χ0) is 22.0. The topological polar surface area (TPSA) is 77.7 Å². The molecule has 2 aromatic carbocycles. The molecule has 1 unspecified atom stereocenters. The highest BCUT2D eigenvalue weighted by Crippen LogP contribution is 2.27. The molecule has 0 spiro atoms. The van der Waals surface area contributed by atoms with Crippen molar-refractivity contribution in [3.63, 3.8) is 0 Å². The Morgan fingerprint density at radius 3 is 2.74 bits per heavy atom. The van der Waals surface area contributed by atoms with Gasteiger partial charge in [0.15, 0.2) is 0 Å². The maximum atomic E-state index is 12.9. The molecule has 31 heavy (non-hydrogen) atoms. The normalized spacial score (nSPS) is 15.4. The van der Waals surface area contributed by atoms with Crippen molar-refractivity contribution in [1.29, 1.82) is 0 Å². The van der Waals surface area contributed by atoms with Crippen LogP contribution in [0.25, 0.3) is 0 Å². The Bertz CT molecular complexity index is 1160. The van der Waals surface area contributed by atoms with Crippen LogP contribution in [0, 0.1) is 13.8 Å². The van der Waals surface area contributed by atoms with Gasteiger partial charge in [0, 0.05) is 17.0 Å². The fraction of sp³-hybridized carbons (Fsp3) is 0.261. The second-order valence-corrected chi connectivity index (χ2v) is 7.73. The molecule has 4 rings (SSSR count). The van der Waals surface area contributed by atoms with Gasteiger partial charge in [-0.25, -0.2) is 0 Å². The number of carbonyl (C=O) groups is 1. The lowest BCUT2D eigenvalue weighted by Gasteiger charge is -2.11. The van der Waals surface area contributed by atoms with E-state index in [-0.39, 0.29) is 5.91 Å². The molecule has 8 heteroatoms. The number of halogens is 1.